The molecule has 1 aliphatic heterocycles. The van der Waals surface area contributed by atoms with E-state index in [9.17, 15) is 0 Å². The van der Waals surface area contributed by atoms with E-state index in [1.165, 1.54) is 37.9 Å². The molecule has 0 amide bonds. The Morgan fingerprint density at radius 1 is 1.13 bits per heavy atom. The van der Waals surface area contributed by atoms with Crippen molar-refractivity contribution in [3.8, 4) is 0 Å². The van der Waals surface area contributed by atoms with Crippen LogP contribution >= 0.6 is 0 Å². The molecule has 1 N–H and O–H groups in total. The van der Waals surface area contributed by atoms with Crippen LogP contribution < -0.4 is 10.8 Å². The van der Waals surface area contributed by atoms with Gasteiger partial charge in [0, 0.05) is 0 Å². The van der Waals surface area contributed by atoms with Crippen molar-refractivity contribution in [2.24, 2.45) is 5.41 Å². The van der Waals surface area contributed by atoms with Crippen LogP contribution in [-0.4, -0.2) is 20.9 Å². The summed E-state index contributed by atoms with van der Waals surface area (Å²) in [6.45, 7) is 2.40. The largest absolute Gasteiger partial charge is 0.317 e. The molecule has 1 heterocycles. The third kappa shape index (κ3) is 1.61. The fourth-order valence-corrected chi connectivity index (χ4v) is 3.02. The smallest absolute Gasteiger partial charge is 0.113 e. The minimum absolute atomic E-state index is 0.640. The molecule has 1 nitrogen and oxygen atoms in total. The van der Waals surface area contributed by atoms with Gasteiger partial charge in [0.2, 0.25) is 0 Å². The fourth-order valence-electron chi connectivity index (χ4n) is 3.02. The monoisotopic (exact) mass is 197 g/mol. The summed E-state index contributed by atoms with van der Waals surface area (Å²) in [7, 11) is 5.71. The van der Waals surface area contributed by atoms with Gasteiger partial charge in [-0.05, 0) is 49.2 Å². The van der Waals surface area contributed by atoms with Gasteiger partial charge < -0.3 is 5.32 Å². The number of benzene rings is 1. The molecule has 1 aromatic carbocycles. The summed E-state index contributed by atoms with van der Waals surface area (Å²) in [5.74, 6) is 0.806. The normalized spacial score (nSPS) is 27.9. The lowest BCUT2D eigenvalue weighted by Crippen LogP contribution is -2.29. The van der Waals surface area contributed by atoms with Crippen molar-refractivity contribution in [2.75, 3.05) is 13.1 Å². The van der Waals surface area contributed by atoms with Gasteiger partial charge in [0.15, 0.2) is 0 Å². The van der Waals surface area contributed by atoms with Crippen LogP contribution in [-0.2, 0) is 0 Å². The zero-order valence-electron chi connectivity index (χ0n) is 9.00. The van der Waals surface area contributed by atoms with Gasteiger partial charge in [0.05, 0.1) is 0 Å². The van der Waals surface area contributed by atoms with Crippen molar-refractivity contribution in [3.63, 3.8) is 0 Å². The molecule has 1 spiro atoms. The standard InChI is InChI=1S/C13H16BN/c14-11-3-1-10(2-4-11)12-9-13(12)5-7-15-8-6-13/h1-4,12,15H,5-9H2/t12-/m1/s1. The van der Waals surface area contributed by atoms with Gasteiger partial charge in [-0.25, -0.2) is 0 Å². The Morgan fingerprint density at radius 3 is 2.47 bits per heavy atom. The summed E-state index contributed by atoms with van der Waals surface area (Å²) in [5, 5.41) is 3.44. The van der Waals surface area contributed by atoms with Crippen LogP contribution in [0.25, 0.3) is 0 Å². The number of nitrogens with one attached hydrogen (secondary N) is 1. The van der Waals surface area contributed by atoms with E-state index in [1.54, 1.807) is 0 Å². The Bertz CT molecular complexity index is 351. The highest BCUT2D eigenvalue weighted by atomic mass is 14.9. The highest BCUT2D eigenvalue weighted by Gasteiger charge is 2.54. The molecule has 1 atom stereocenters. The lowest BCUT2D eigenvalue weighted by molar-refractivity contribution is 0.342. The molecule has 2 aliphatic rings. The highest BCUT2D eigenvalue weighted by Crippen LogP contribution is 2.64. The Labute approximate surface area is 92.7 Å². The van der Waals surface area contributed by atoms with Gasteiger partial charge in [-0.3, -0.25) is 0 Å². The first-order valence-electron chi connectivity index (χ1n) is 5.86. The lowest BCUT2D eigenvalue weighted by atomic mass is 9.88. The summed E-state index contributed by atoms with van der Waals surface area (Å²) in [4.78, 5) is 0. The van der Waals surface area contributed by atoms with Crippen molar-refractivity contribution in [3.05, 3.63) is 29.8 Å². The second-order valence-corrected chi connectivity index (χ2v) is 5.04. The van der Waals surface area contributed by atoms with Crippen LogP contribution in [0.5, 0.6) is 0 Å². The first-order chi connectivity index (χ1) is 7.30. The van der Waals surface area contributed by atoms with Gasteiger partial charge >= 0.3 is 0 Å². The average Bonchev–Trinajstić information content (AvgIpc) is 2.94. The zero-order chi connectivity index (χ0) is 10.3. The zero-order valence-corrected chi connectivity index (χ0v) is 9.00. The van der Waals surface area contributed by atoms with Crippen molar-refractivity contribution in [1.82, 2.24) is 5.32 Å². The van der Waals surface area contributed by atoms with Crippen LogP contribution in [0.15, 0.2) is 24.3 Å². The lowest BCUT2D eigenvalue weighted by Gasteiger charge is -2.23. The van der Waals surface area contributed by atoms with E-state index in [0.29, 0.717) is 5.41 Å². The molecule has 1 aromatic rings. The minimum Gasteiger partial charge on any atom is -0.317 e. The van der Waals surface area contributed by atoms with Crippen molar-refractivity contribution in [1.29, 1.82) is 0 Å². The van der Waals surface area contributed by atoms with Crippen LogP contribution in [0.2, 0.25) is 0 Å². The van der Waals surface area contributed by atoms with Gasteiger partial charge in [0.25, 0.3) is 0 Å². The Hall–Kier alpha value is -0.755. The number of hydrogen-bond donors (Lipinski definition) is 1. The molecule has 0 unspecified atom stereocenters. The summed E-state index contributed by atoms with van der Waals surface area (Å²) in [5.41, 5.74) is 3.01. The molecular formula is C13H16BN. The first-order valence-corrected chi connectivity index (χ1v) is 5.86. The molecule has 0 bridgehead atoms. The van der Waals surface area contributed by atoms with Gasteiger partial charge in [0.1, 0.15) is 7.85 Å². The molecule has 3 rings (SSSR count). The Morgan fingerprint density at radius 2 is 1.80 bits per heavy atom. The predicted molar refractivity (Wildman–Crippen MR) is 63.7 cm³/mol. The van der Waals surface area contributed by atoms with Crippen LogP contribution in [0.4, 0.5) is 0 Å². The molecule has 1 aliphatic carbocycles. The van der Waals surface area contributed by atoms with E-state index < -0.39 is 0 Å². The average molecular weight is 197 g/mol. The van der Waals surface area contributed by atoms with Crippen LogP contribution in [0, 0.1) is 5.41 Å². The third-order valence-electron chi connectivity index (χ3n) is 4.13. The highest BCUT2D eigenvalue weighted by molar-refractivity contribution is 6.32. The quantitative estimate of drug-likeness (QED) is 0.670. The van der Waals surface area contributed by atoms with E-state index in [4.69, 9.17) is 7.85 Å². The van der Waals surface area contributed by atoms with Gasteiger partial charge in [-0.1, -0.05) is 29.7 Å². The topological polar surface area (TPSA) is 12.0 Å². The van der Waals surface area contributed by atoms with Gasteiger partial charge in [-0.15, -0.1) is 0 Å². The van der Waals surface area contributed by atoms with E-state index in [-0.39, 0.29) is 0 Å². The van der Waals surface area contributed by atoms with E-state index in [2.05, 4.69) is 17.4 Å². The third-order valence-corrected chi connectivity index (χ3v) is 4.13. The predicted octanol–water partition coefficient (Wildman–Crippen LogP) is 1.34. The molecule has 1 saturated carbocycles. The maximum Gasteiger partial charge on any atom is 0.113 e. The van der Waals surface area contributed by atoms with E-state index in [0.717, 1.165) is 11.4 Å². The second-order valence-electron chi connectivity index (χ2n) is 5.04. The molecule has 2 radical (unpaired) electrons. The molecule has 15 heavy (non-hydrogen) atoms. The number of hydrogen-bond acceptors (Lipinski definition) is 1. The molecular weight excluding hydrogens is 181 g/mol. The molecule has 2 fully saturated rings. The number of piperidine rings is 1. The SMILES string of the molecule is [B]c1ccc([C@H]2CC23CCNCC3)cc1. The Balaban J connectivity index is 1.77. The van der Waals surface area contributed by atoms with Crippen molar-refractivity contribution >= 4 is 13.3 Å². The van der Waals surface area contributed by atoms with Crippen molar-refractivity contribution < 1.29 is 0 Å². The maximum atomic E-state index is 5.71. The fraction of sp³-hybridized carbons (Fsp3) is 0.538. The molecule has 0 aromatic heterocycles. The summed E-state index contributed by atoms with van der Waals surface area (Å²) < 4.78 is 0. The summed E-state index contributed by atoms with van der Waals surface area (Å²) in [6.07, 6.45) is 4.09. The van der Waals surface area contributed by atoms with Crippen LogP contribution in [0.3, 0.4) is 0 Å². The molecule has 76 valence electrons. The first kappa shape index (κ1) is 9.47. The van der Waals surface area contributed by atoms with Gasteiger partial charge in [-0.2, -0.15) is 0 Å². The van der Waals surface area contributed by atoms with E-state index >= 15 is 0 Å². The minimum atomic E-state index is 0.640. The molecule has 1 saturated heterocycles. The summed E-state index contributed by atoms with van der Waals surface area (Å²) in [6, 6.07) is 8.47. The molecule has 2 heteroatoms. The van der Waals surface area contributed by atoms with Crippen molar-refractivity contribution in [2.45, 2.75) is 25.2 Å². The summed E-state index contributed by atoms with van der Waals surface area (Å²) >= 11 is 0. The number of rotatable bonds is 1. The van der Waals surface area contributed by atoms with E-state index in [1.807, 2.05) is 12.1 Å². The maximum absolute atomic E-state index is 5.71. The Kier molecular flexibility index (Phi) is 2.13. The van der Waals surface area contributed by atoms with Crippen LogP contribution in [0.1, 0.15) is 30.7 Å². The second kappa shape index (κ2) is 3.38.